The Balaban J connectivity index is 2.60. The van der Waals surface area contributed by atoms with Crippen molar-refractivity contribution in [3.63, 3.8) is 0 Å². The largest absolute Gasteiger partial charge is 0.497 e. The van der Waals surface area contributed by atoms with Crippen LogP contribution in [0.2, 0.25) is 0 Å². The maximum atomic E-state index is 12.4. The maximum Gasteiger partial charge on any atom is 0.254 e. The van der Waals surface area contributed by atoms with Gasteiger partial charge in [-0.1, -0.05) is 0 Å². The molecular formula is C14H20N2O3. The van der Waals surface area contributed by atoms with Crippen molar-refractivity contribution in [1.82, 2.24) is 4.90 Å². The Bertz CT molecular complexity index is 488. The summed E-state index contributed by atoms with van der Waals surface area (Å²) < 4.78 is 10.6. The number of nitrogens with zero attached hydrogens (tertiary/aromatic N) is 1. The zero-order valence-corrected chi connectivity index (χ0v) is 11.6. The van der Waals surface area contributed by atoms with E-state index in [2.05, 4.69) is 0 Å². The first-order valence-electron chi connectivity index (χ1n) is 6.41. The van der Waals surface area contributed by atoms with E-state index >= 15 is 0 Å². The van der Waals surface area contributed by atoms with Gasteiger partial charge in [0.2, 0.25) is 0 Å². The maximum absolute atomic E-state index is 12.4. The summed E-state index contributed by atoms with van der Waals surface area (Å²) >= 11 is 0. The zero-order valence-electron chi connectivity index (χ0n) is 11.6. The molecule has 0 spiro atoms. The van der Waals surface area contributed by atoms with Crippen molar-refractivity contribution < 1.29 is 14.3 Å². The fourth-order valence-corrected chi connectivity index (χ4v) is 2.56. The van der Waals surface area contributed by atoms with E-state index in [9.17, 15) is 4.79 Å². The highest BCUT2D eigenvalue weighted by molar-refractivity contribution is 5.98. The summed E-state index contributed by atoms with van der Waals surface area (Å²) in [6, 6.07) is 3.57. The fraction of sp³-hybridized carbons (Fsp3) is 0.500. The minimum Gasteiger partial charge on any atom is -0.497 e. The van der Waals surface area contributed by atoms with Crippen LogP contribution in [0.1, 0.15) is 28.8 Å². The van der Waals surface area contributed by atoms with Crippen LogP contribution in [0.3, 0.4) is 0 Å². The number of benzene rings is 1. The number of ether oxygens (including phenoxy) is 2. The topological polar surface area (TPSA) is 64.8 Å². The van der Waals surface area contributed by atoms with E-state index in [4.69, 9.17) is 15.2 Å². The highest BCUT2D eigenvalue weighted by Gasteiger charge is 2.33. The second kappa shape index (κ2) is 5.48. The van der Waals surface area contributed by atoms with Crippen molar-refractivity contribution in [2.24, 2.45) is 5.73 Å². The molecule has 1 unspecified atom stereocenters. The van der Waals surface area contributed by atoms with Gasteiger partial charge >= 0.3 is 0 Å². The van der Waals surface area contributed by atoms with Crippen molar-refractivity contribution in [2.75, 3.05) is 33.9 Å². The number of amides is 1. The first-order chi connectivity index (χ1) is 9.15. The van der Waals surface area contributed by atoms with Gasteiger partial charge in [-0.05, 0) is 13.0 Å². The summed E-state index contributed by atoms with van der Waals surface area (Å²) in [5, 5.41) is 0. The van der Waals surface area contributed by atoms with Crippen LogP contribution in [-0.4, -0.2) is 44.7 Å². The molecule has 1 aliphatic heterocycles. The van der Waals surface area contributed by atoms with Crippen molar-refractivity contribution >= 4 is 5.91 Å². The lowest BCUT2D eigenvalue weighted by atomic mass is 9.88. The Kier molecular flexibility index (Phi) is 3.95. The van der Waals surface area contributed by atoms with Crippen molar-refractivity contribution in [2.45, 2.75) is 12.8 Å². The molecule has 1 aliphatic rings. The van der Waals surface area contributed by atoms with Crippen LogP contribution in [-0.2, 0) is 0 Å². The van der Waals surface area contributed by atoms with Gasteiger partial charge in [0, 0.05) is 37.2 Å². The molecule has 1 aromatic rings. The van der Waals surface area contributed by atoms with Crippen LogP contribution in [0, 0.1) is 0 Å². The van der Waals surface area contributed by atoms with E-state index in [1.807, 2.05) is 6.92 Å². The Morgan fingerprint density at radius 2 is 2.11 bits per heavy atom. The number of hydrogen-bond donors (Lipinski definition) is 1. The van der Waals surface area contributed by atoms with Crippen LogP contribution in [0.5, 0.6) is 11.5 Å². The van der Waals surface area contributed by atoms with Gasteiger partial charge in [-0.2, -0.15) is 0 Å². The first-order valence-corrected chi connectivity index (χ1v) is 6.41. The molecule has 0 aliphatic carbocycles. The average Bonchev–Trinajstić information content (AvgIpc) is 2.46. The number of likely N-dealkylation sites (N-methyl/N-ethyl adjacent to an activating group) is 1. The lowest BCUT2D eigenvalue weighted by molar-refractivity contribution is 0.0730. The lowest BCUT2D eigenvalue weighted by Crippen LogP contribution is -2.42. The molecule has 0 saturated heterocycles. The zero-order chi connectivity index (χ0) is 14.0. The molecule has 2 N–H and O–H groups in total. The molecule has 1 heterocycles. The van der Waals surface area contributed by atoms with Gasteiger partial charge in [0.25, 0.3) is 5.91 Å². The molecule has 0 fully saturated rings. The third-order valence-electron chi connectivity index (χ3n) is 3.60. The Labute approximate surface area is 113 Å². The summed E-state index contributed by atoms with van der Waals surface area (Å²) in [6.45, 7) is 3.77. The minimum atomic E-state index is 0.0133. The molecule has 0 radical (unpaired) electrons. The Morgan fingerprint density at radius 3 is 2.63 bits per heavy atom. The molecule has 5 heteroatoms. The van der Waals surface area contributed by atoms with Crippen LogP contribution in [0.4, 0.5) is 0 Å². The predicted octanol–water partition coefficient (Wildman–Crippen LogP) is 1.22. The van der Waals surface area contributed by atoms with Crippen LogP contribution in [0.25, 0.3) is 0 Å². The number of fused-ring (bicyclic) bond motifs is 1. The van der Waals surface area contributed by atoms with E-state index in [1.165, 1.54) is 0 Å². The quantitative estimate of drug-likeness (QED) is 0.888. The summed E-state index contributed by atoms with van der Waals surface area (Å²) in [4.78, 5) is 14.2. The van der Waals surface area contributed by atoms with Gasteiger partial charge in [-0.25, -0.2) is 0 Å². The Morgan fingerprint density at radius 1 is 1.37 bits per heavy atom. The summed E-state index contributed by atoms with van der Waals surface area (Å²) in [5.74, 6) is 1.42. The lowest BCUT2D eigenvalue weighted by Gasteiger charge is -2.34. The van der Waals surface area contributed by atoms with Gasteiger partial charge in [0.15, 0.2) is 0 Å². The Hall–Kier alpha value is -1.75. The van der Waals surface area contributed by atoms with Crippen LogP contribution >= 0.6 is 0 Å². The molecule has 1 atom stereocenters. The number of hydrogen-bond acceptors (Lipinski definition) is 4. The second-order valence-electron chi connectivity index (χ2n) is 4.57. The number of methoxy groups -OCH3 is 2. The smallest absolute Gasteiger partial charge is 0.254 e. The number of nitrogens with two attached hydrogens (primary N) is 1. The third kappa shape index (κ3) is 2.26. The predicted molar refractivity (Wildman–Crippen MR) is 72.9 cm³/mol. The van der Waals surface area contributed by atoms with E-state index in [0.717, 1.165) is 5.56 Å². The van der Waals surface area contributed by atoms with Crippen molar-refractivity contribution in [3.05, 3.63) is 23.3 Å². The molecule has 2 rings (SSSR count). The standard InChI is InChI=1S/C14H20N2O3/c1-4-16-8-9(7-15)13-11(14(16)17)5-10(18-2)6-12(13)19-3/h5-6,9H,4,7-8,15H2,1-3H3. The van der Waals surface area contributed by atoms with Gasteiger partial charge in [-0.3, -0.25) is 4.79 Å². The molecule has 19 heavy (non-hydrogen) atoms. The first kappa shape index (κ1) is 13.7. The third-order valence-corrected chi connectivity index (χ3v) is 3.60. The number of carbonyl (C=O) groups is 1. The molecule has 0 bridgehead atoms. The van der Waals surface area contributed by atoms with Gasteiger partial charge in [-0.15, -0.1) is 0 Å². The van der Waals surface area contributed by atoms with Gasteiger partial charge in [0.1, 0.15) is 11.5 Å². The van der Waals surface area contributed by atoms with E-state index in [1.54, 1.807) is 31.3 Å². The monoisotopic (exact) mass is 264 g/mol. The number of carbonyl (C=O) groups excluding carboxylic acids is 1. The van der Waals surface area contributed by atoms with Crippen LogP contribution in [0.15, 0.2) is 12.1 Å². The molecule has 5 nitrogen and oxygen atoms in total. The highest BCUT2D eigenvalue weighted by Crippen LogP contribution is 2.38. The summed E-state index contributed by atoms with van der Waals surface area (Å²) in [5.41, 5.74) is 7.39. The van der Waals surface area contributed by atoms with Gasteiger partial charge in [0.05, 0.1) is 19.8 Å². The molecular weight excluding hydrogens is 244 g/mol. The molecule has 0 saturated carbocycles. The SMILES string of the molecule is CCN1CC(CN)c2c(OC)cc(OC)cc2C1=O. The van der Waals surface area contributed by atoms with Crippen molar-refractivity contribution in [1.29, 1.82) is 0 Å². The molecule has 104 valence electrons. The summed E-state index contributed by atoms with van der Waals surface area (Å²) in [6.07, 6.45) is 0. The molecule has 1 aromatic carbocycles. The fourth-order valence-electron chi connectivity index (χ4n) is 2.56. The average molecular weight is 264 g/mol. The molecule has 0 aromatic heterocycles. The van der Waals surface area contributed by atoms with Crippen LogP contribution < -0.4 is 15.2 Å². The normalized spacial score (nSPS) is 18.2. The number of rotatable bonds is 4. The van der Waals surface area contributed by atoms with E-state index in [0.29, 0.717) is 36.7 Å². The highest BCUT2D eigenvalue weighted by atomic mass is 16.5. The van der Waals surface area contributed by atoms with Crippen molar-refractivity contribution in [3.8, 4) is 11.5 Å². The minimum absolute atomic E-state index is 0.0133. The summed E-state index contributed by atoms with van der Waals surface area (Å²) in [7, 11) is 3.17. The second-order valence-corrected chi connectivity index (χ2v) is 4.57. The molecule has 1 amide bonds. The van der Waals surface area contributed by atoms with Gasteiger partial charge < -0.3 is 20.1 Å². The van der Waals surface area contributed by atoms with E-state index in [-0.39, 0.29) is 11.8 Å². The van der Waals surface area contributed by atoms with E-state index < -0.39 is 0 Å².